The van der Waals surface area contributed by atoms with Crippen molar-refractivity contribution in [3.63, 3.8) is 0 Å². The molecule has 18 heavy (non-hydrogen) atoms. The van der Waals surface area contributed by atoms with Crippen molar-refractivity contribution in [3.05, 3.63) is 31.9 Å². The standard InChI is InChI=1S/C12H17IN2O3/c1-9(2)14(6-3-7-16)12-5-4-10(15(17)18)8-11(12)13/h4-5,8-9,16H,3,6-7H2,1-2H3. The van der Waals surface area contributed by atoms with Crippen LogP contribution >= 0.6 is 22.6 Å². The number of nitro benzene ring substituents is 1. The quantitative estimate of drug-likeness (QED) is 0.479. The molecule has 0 amide bonds. The molecule has 0 fully saturated rings. The number of anilines is 1. The number of aliphatic hydroxyl groups excluding tert-OH is 1. The number of non-ortho nitro benzene ring substituents is 1. The van der Waals surface area contributed by atoms with Crippen LogP contribution in [0.15, 0.2) is 18.2 Å². The summed E-state index contributed by atoms with van der Waals surface area (Å²) in [6, 6.07) is 5.15. The third-order valence-corrected chi connectivity index (χ3v) is 3.50. The first kappa shape index (κ1) is 15.2. The van der Waals surface area contributed by atoms with Gasteiger partial charge in [0.1, 0.15) is 0 Å². The number of rotatable bonds is 6. The Kier molecular flexibility index (Phi) is 5.80. The molecule has 0 saturated heterocycles. The summed E-state index contributed by atoms with van der Waals surface area (Å²) in [5.41, 5.74) is 1.08. The largest absolute Gasteiger partial charge is 0.396 e. The Hall–Kier alpha value is -0.890. The van der Waals surface area contributed by atoms with Crippen molar-refractivity contribution >= 4 is 34.0 Å². The smallest absolute Gasteiger partial charge is 0.270 e. The zero-order valence-corrected chi connectivity index (χ0v) is 12.6. The Morgan fingerprint density at radius 1 is 1.50 bits per heavy atom. The number of benzene rings is 1. The molecular formula is C12H17IN2O3. The van der Waals surface area contributed by atoms with Crippen LogP contribution in [0.2, 0.25) is 0 Å². The number of aliphatic hydroxyl groups is 1. The van der Waals surface area contributed by atoms with Gasteiger partial charge in [-0.05, 0) is 48.9 Å². The minimum Gasteiger partial charge on any atom is -0.396 e. The Labute approximate surface area is 120 Å². The lowest BCUT2D eigenvalue weighted by Gasteiger charge is -2.29. The molecule has 0 bridgehead atoms. The van der Waals surface area contributed by atoms with E-state index in [1.54, 1.807) is 12.1 Å². The van der Waals surface area contributed by atoms with E-state index in [0.717, 1.165) is 15.8 Å². The van der Waals surface area contributed by atoms with E-state index >= 15 is 0 Å². The summed E-state index contributed by atoms with van der Waals surface area (Å²) in [5.74, 6) is 0. The van der Waals surface area contributed by atoms with Gasteiger partial charge in [-0.15, -0.1) is 0 Å². The fourth-order valence-corrected chi connectivity index (χ4v) is 2.55. The van der Waals surface area contributed by atoms with Gasteiger partial charge in [-0.1, -0.05) is 0 Å². The molecule has 0 radical (unpaired) electrons. The van der Waals surface area contributed by atoms with Gasteiger partial charge in [0.25, 0.3) is 5.69 Å². The van der Waals surface area contributed by atoms with Crippen LogP contribution in [0, 0.1) is 13.7 Å². The van der Waals surface area contributed by atoms with E-state index in [-0.39, 0.29) is 23.3 Å². The third kappa shape index (κ3) is 3.81. The molecule has 0 atom stereocenters. The number of nitrogens with zero attached hydrogens (tertiary/aromatic N) is 2. The average molecular weight is 364 g/mol. The molecule has 1 N–H and O–H groups in total. The molecule has 0 saturated carbocycles. The second-order valence-corrected chi connectivity index (χ2v) is 5.42. The second kappa shape index (κ2) is 6.89. The molecule has 100 valence electrons. The van der Waals surface area contributed by atoms with Gasteiger partial charge in [0.2, 0.25) is 0 Å². The molecule has 0 spiro atoms. The molecule has 0 heterocycles. The zero-order chi connectivity index (χ0) is 13.7. The highest BCUT2D eigenvalue weighted by molar-refractivity contribution is 14.1. The highest BCUT2D eigenvalue weighted by Crippen LogP contribution is 2.28. The number of hydrogen-bond acceptors (Lipinski definition) is 4. The van der Waals surface area contributed by atoms with E-state index in [1.165, 1.54) is 6.07 Å². The summed E-state index contributed by atoms with van der Waals surface area (Å²) < 4.78 is 0.855. The minimum atomic E-state index is -0.390. The van der Waals surface area contributed by atoms with Gasteiger partial charge in [0.05, 0.1) is 10.6 Å². The average Bonchev–Trinajstić information content (AvgIpc) is 2.30. The first-order chi connectivity index (χ1) is 8.47. The van der Waals surface area contributed by atoms with E-state index in [0.29, 0.717) is 6.42 Å². The fraction of sp³-hybridized carbons (Fsp3) is 0.500. The Morgan fingerprint density at radius 2 is 2.17 bits per heavy atom. The monoisotopic (exact) mass is 364 g/mol. The van der Waals surface area contributed by atoms with Crippen LogP contribution in [0.5, 0.6) is 0 Å². The van der Waals surface area contributed by atoms with Crippen LogP contribution in [-0.2, 0) is 0 Å². The molecule has 1 rings (SSSR count). The van der Waals surface area contributed by atoms with Crippen molar-refractivity contribution in [2.24, 2.45) is 0 Å². The lowest BCUT2D eigenvalue weighted by Crippen LogP contribution is -2.32. The third-order valence-electron chi connectivity index (χ3n) is 2.63. The molecule has 1 aromatic carbocycles. The van der Waals surface area contributed by atoms with E-state index in [1.807, 2.05) is 0 Å². The van der Waals surface area contributed by atoms with Gasteiger partial charge in [0.15, 0.2) is 0 Å². The topological polar surface area (TPSA) is 66.6 Å². The summed E-state index contributed by atoms with van der Waals surface area (Å²) in [6.45, 7) is 5.01. The highest BCUT2D eigenvalue weighted by atomic mass is 127. The normalized spacial score (nSPS) is 10.7. The molecule has 0 unspecified atom stereocenters. The van der Waals surface area contributed by atoms with Crippen molar-refractivity contribution in [1.29, 1.82) is 0 Å². The summed E-state index contributed by atoms with van der Waals surface area (Å²) >= 11 is 2.11. The van der Waals surface area contributed by atoms with Crippen molar-refractivity contribution in [1.82, 2.24) is 0 Å². The van der Waals surface area contributed by atoms with Crippen molar-refractivity contribution in [2.45, 2.75) is 26.3 Å². The van der Waals surface area contributed by atoms with Crippen LogP contribution in [-0.4, -0.2) is 29.2 Å². The van der Waals surface area contributed by atoms with E-state index in [9.17, 15) is 10.1 Å². The molecule has 6 heteroatoms. The van der Waals surface area contributed by atoms with Gasteiger partial charge in [-0.3, -0.25) is 10.1 Å². The van der Waals surface area contributed by atoms with Gasteiger partial charge in [0, 0.05) is 34.9 Å². The maximum Gasteiger partial charge on any atom is 0.270 e. The maximum absolute atomic E-state index is 10.7. The summed E-state index contributed by atoms with van der Waals surface area (Å²) in [4.78, 5) is 12.4. The highest BCUT2D eigenvalue weighted by Gasteiger charge is 2.16. The fourth-order valence-electron chi connectivity index (χ4n) is 1.74. The molecular weight excluding hydrogens is 347 g/mol. The lowest BCUT2D eigenvalue weighted by atomic mass is 10.2. The molecule has 5 nitrogen and oxygen atoms in total. The predicted molar refractivity (Wildman–Crippen MR) is 80.0 cm³/mol. The van der Waals surface area contributed by atoms with Crippen LogP contribution in [0.4, 0.5) is 11.4 Å². The van der Waals surface area contributed by atoms with Gasteiger partial charge in [-0.25, -0.2) is 0 Å². The SMILES string of the molecule is CC(C)N(CCCO)c1ccc([N+](=O)[O-])cc1I. The predicted octanol–water partition coefficient (Wildman–Crippen LogP) is 2.80. The lowest BCUT2D eigenvalue weighted by molar-refractivity contribution is -0.384. The van der Waals surface area contributed by atoms with Gasteiger partial charge >= 0.3 is 0 Å². The van der Waals surface area contributed by atoms with E-state index in [2.05, 4.69) is 41.3 Å². The molecule has 0 aromatic heterocycles. The number of hydrogen-bond donors (Lipinski definition) is 1. The number of nitro groups is 1. The molecule has 1 aromatic rings. The maximum atomic E-state index is 10.7. The van der Waals surface area contributed by atoms with Crippen molar-refractivity contribution in [2.75, 3.05) is 18.1 Å². The first-order valence-corrected chi connectivity index (χ1v) is 6.86. The van der Waals surface area contributed by atoms with Crippen molar-refractivity contribution in [3.8, 4) is 0 Å². The second-order valence-electron chi connectivity index (χ2n) is 4.26. The summed E-state index contributed by atoms with van der Waals surface area (Å²) in [7, 11) is 0. The Bertz CT molecular complexity index is 424. The van der Waals surface area contributed by atoms with Crippen LogP contribution in [0.25, 0.3) is 0 Å². The molecule has 0 aliphatic rings. The van der Waals surface area contributed by atoms with Gasteiger partial charge in [-0.2, -0.15) is 0 Å². The van der Waals surface area contributed by atoms with E-state index in [4.69, 9.17) is 5.11 Å². The van der Waals surface area contributed by atoms with Crippen LogP contribution in [0.3, 0.4) is 0 Å². The first-order valence-electron chi connectivity index (χ1n) is 5.78. The van der Waals surface area contributed by atoms with Crippen LogP contribution in [0.1, 0.15) is 20.3 Å². The Balaban J connectivity index is 3.01. The van der Waals surface area contributed by atoms with Crippen LogP contribution < -0.4 is 4.90 Å². The minimum absolute atomic E-state index is 0.106. The summed E-state index contributed by atoms with van der Waals surface area (Å²) in [6.07, 6.45) is 0.686. The summed E-state index contributed by atoms with van der Waals surface area (Å²) in [5, 5.41) is 19.6. The molecule has 0 aliphatic heterocycles. The molecule has 0 aliphatic carbocycles. The zero-order valence-electron chi connectivity index (χ0n) is 10.5. The van der Waals surface area contributed by atoms with E-state index < -0.39 is 0 Å². The van der Waals surface area contributed by atoms with Gasteiger partial charge < -0.3 is 10.0 Å². The Morgan fingerprint density at radius 3 is 2.61 bits per heavy atom. The number of halogens is 1. The van der Waals surface area contributed by atoms with Crippen molar-refractivity contribution < 1.29 is 10.0 Å².